The minimum Gasteiger partial charge on any atom is -0.350 e. The second-order valence-corrected chi connectivity index (χ2v) is 5.70. The smallest absolute Gasteiger partial charge is 0.274 e. The highest BCUT2D eigenvalue weighted by molar-refractivity contribution is 6.04. The lowest BCUT2D eigenvalue weighted by Crippen LogP contribution is -2.36. The predicted molar refractivity (Wildman–Crippen MR) is 98.1 cm³/mol. The third kappa shape index (κ3) is 3.61. The molecule has 1 aromatic heterocycles. The number of hydrogen-bond acceptors (Lipinski definition) is 4. The Morgan fingerprint density at radius 2 is 1.46 bits per heavy atom. The summed E-state index contributed by atoms with van der Waals surface area (Å²) in [4.78, 5) is 36.5. The number of nitrogens with zero attached hydrogens (tertiary/aromatic N) is 2. The van der Waals surface area contributed by atoms with Crippen LogP contribution >= 0.6 is 0 Å². The number of benzene rings is 2. The first-order valence-electron chi connectivity index (χ1n) is 8.15. The SMILES string of the molecule is Cn1nc(C(=O)NCCNC(=O)c2ccccc2)c2ccccc2c1=O. The topological polar surface area (TPSA) is 93.1 Å². The molecule has 132 valence electrons. The first-order valence-corrected chi connectivity index (χ1v) is 8.15. The highest BCUT2D eigenvalue weighted by Crippen LogP contribution is 2.12. The maximum absolute atomic E-state index is 12.4. The van der Waals surface area contributed by atoms with E-state index in [1.807, 2.05) is 6.07 Å². The molecule has 0 spiro atoms. The molecule has 7 nitrogen and oxygen atoms in total. The Bertz CT molecular complexity index is 1010. The van der Waals surface area contributed by atoms with E-state index in [-0.39, 0.29) is 30.2 Å². The molecule has 0 saturated heterocycles. The van der Waals surface area contributed by atoms with Crippen molar-refractivity contribution in [2.45, 2.75) is 0 Å². The molecule has 0 bridgehead atoms. The van der Waals surface area contributed by atoms with Gasteiger partial charge in [-0.2, -0.15) is 5.10 Å². The van der Waals surface area contributed by atoms with Gasteiger partial charge in [0.1, 0.15) is 0 Å². The van der Waals surface area contributed by atoms with Gasteiger partial charge >= 0.3 is 0 Å². The first kappa shape index (κ1) is 17.3. The summed E-state index contributed by atoms with van der Waals surface area (Å²) in [6.45, 7) is 0.527. The number of carbonyl (C=O) groups excluding carboxylic acids is 2. The monoisotopic (exact) mass is 350 g/mol. The summed E-state index contributed by atoms with van der Waals surface area (Å²) in [6.07, 6.45) is 0. The first-order chi connectivity index (χ1) is 12.6. The number of rotatable bonds is 5. The average molecular weight is 350 g/mol. The Balaban J connectivity index is 1.64. The van der Waals surface area contributed by atoms with Gasteiger partial charge in [-0.1, -0.05) is 36.4 Å². The Kier molecular flexibility index (Phi) is 5.07. The lowest BCUT2D eigenvalue weighted by Gasteiger charge is -2.09. The zero-order valence-corrected chi connectivity index (χ0v) is 14.2. The molecule has 0 aliphatic carbocycles. The summed E-state index contributed by atoms with van der Waals surface area (Å²) in [5.41, 5.74) is 0.480. The van der Waals surface area contributed by atoms with E-state index < -0.39 is 5.91 Å². The molecule has 3 rings (SSSR count). The van der Waals surface area contributed by atoms with Crippen molar-refractivity contribution < 1.29 is 9.59 Å². The van der Waals surface area contributed by atoms with Crippen molar-refractivity contribution >= 4 is 22.6 Å². The number of nitrogens with one attached hydrogen (secondary N) is 2. The molecule has 2 aromatic carbocycles. The van der Waals surface area contributed by atoms with Crippen molar-refractivity contribution in [2.75, 3.05) is 13.1 Å². The van der Waals surface area contributed by atoms with Crippen LogP contribution in [0, 0.1) is 0 Å². The maximum atomic E-state index is 12.4. The average Bonchev–Trinajstić information content (AvgIpc) is 2.68. The van der Waals surface area contributed by atoms with E-state index in [9.17, 15) is 14.4 Å². The van der Waals surface area contributed by atoms with Crippen molar-refractivity contribution in [2.24, 2.45) is 7.05 Å². The fraction of sp³-hybridized carbons (Fsp3) is 0.158. The van der Waals surface area contributed by atoms with Crippen molar-refractivity contribution in [1.82, 2.24) is 20.4 Å². The zero-order chi connectivity index (χ0) is 18.5. The van der Waals surface area contributed by atoms with Crippen LogP contribution in [-0.2, 0) is 7.05 Å². The van der Waals surface area contributed by atoms with Crippen LogP contribution in [0.1, 0.15) is 20.8 Å². The van der Waals surface area contributed by atoms with Crippen LogP contribution < -0.4 is 16.2 Å². The normalized spacial score (nSPS) is 10.5. The number of fused-ring (bicyclic) bond motifs is 1. The molecule has 0 unspecified atom stereocenters. The van der Waals surface area contributed by atoms with Gasteiger partial charge < -0.3 is 10.6 Å². The van der Waals surface area contributed by atoms with E-state index in [0.29, 0.717) is 16.3 Å². The molecule has 2 amide bonds. The van der Waals surface area contributed by atoms with Crippen molar-refractivity contribution in [1.29, 1.82) is 0 Å². The standard InChI is InChI=1S/C19H18N4O3/c1-23-19(26)15-10-6-5-9-14(15)16(22-23)18(25)21-12-11-20-17(24)13-7-3-2-4-8-13/h2-10H,11-12H2,1H3,(H,20,24)(H,21,25). The van der Waals surface area contributed by atoms with Crippen molar-refractivity contribution in [3.05, 3.63) is 76.2 Å². The fourth-order valence-corrected chi connectivity index (χ4v) is 2.59. The molecule has 0 atom stereocenters. The second-order valence-electron chi connectivity index (χ2n) is 5.70. The molecule has 3 aromatic rings. The van der Waals surface area contributed by atoms with E-state index in [2.05, 4.69) is 15.7 Å². The molecule has 0 fully saturated rings. The van der Waals surface area contributed by atoms with Gasteiger partial charge in [-0.15, -0.1) is 0 Å². The minimum absolute atomic E-state index is 0.178. The van der Waals surface area contributed by atoms with Gasteiger partial charge in [0, 0.05) is 31.1 Å². The van der Waals surface area contributed by atoms with Crippen LogP contribution in [0.25, 0.3) is 10.8 Å². The summed E-state index contributed by atoms with van der Waals surface area (Å²) in [5, 5.41) is 10.5. The van der Waals surface area contributed by atoms with Crippen molar-refractivity contribution in [3.8, 4) is 0 Å². The van der Waals surface area contributed by atoms with Crippen LogP contribution in [0.15, 0.2) is 59.4 Å². The van der Waals surface area contributed by atoms with E-state index in [4.69, 9.17) is 0 Å². The van der Waals surface area contributed by atoms with Gasteiger partial charge in [0.2, 0.25) is 0 Å². The fourth-order valence-electron chi connectivity index (χ4n) is 2.59. The van der Waals surface area contributed by atoms with Crippen LogP contribution in [0.4, 0.5) is 0 Å². The summed E-state index contributed by atoms with van der Waals surface area (Å²) in [7, 11) is 1.51. The van der Waals surface area contributed by atoms with E-state index in [1.54, 1.807) is 48.5 Å². The van der Waals surface area contributed by atoms with Gasteiger partial charge in [0.15, 0.2) is 5.69 Å². The molecule has 0 aliphatic heterocycles. The number of hydrogen-bond donors (Lipinski definition) is 2. The number of aromatic nitrogens is 2. The van der Waals surface area contributed by atoms with Gasteiger partial charge in [-0.25, -0.2) is 4.68 Å². The van der Waals surface area contributed by atoms with E-state index >= 15 is 0 Å². The molecule has 2 N–H and O–H groups in total. The summed E-state index contributed by atoms with van der Waals surface area (Å²) < 4.78 is 1.15. The highest BCUT2D eigenvalue weighted by atomic mass is 16.2. The predicted octanol–water partition coefficient (Wildman–Crippen LogP) is 1.09. The quantitative estimate of drug-likeness (QED) is 0.674. The van der Waals surface area contributed by atoms with E-state index in [1.165, 1.54) is 7.05 Å². The largest absolute Gasteiger partial charge is 0.350 e. The maximum Gasteiger partial charge on any atom is 0.274 e. The van der Waals surface area contributed by atoms with Gasteiger partial charge in [-0.3, -0.25) is 14.4 Å². The third-order valence-corrected chi connectivity index (χ3v) is 3.90. The van der Waals surface area contributed by atoms with Crippen LogP contribution in [0.3, 0.4) is 0 Å². The molecule has 0 saturated carbocycles. The minimum atomic E-state index is -0.397. The number of aryl methyl sites for hydroxylation is 1. The van der Waals surface area contributed by atoms with Gasteiger partial charge in [0.05, 0.1) is 5.39 Å². The Labute approximate surface area is 149 Å². The molecule has 0 aliphatic rings. The highest BCUT2D eigenvalue weighted by Gasteiger charge is 2.15. The Hall–Kier alpha value is -3.48. The van der Waals surface area contributed by atoms with E-state index in [0.717, 1.165) is 4.68 Å². The number of carbonyl (C=O) groups is 2. The van der Waals surface area contributed by atoms with Crippen LogP contribution in [0.5, 0.6) is 0 Å². The molecule has 26 heavy (non-hydrogen) atoms. The van der Waals surface area contributed by atoms with Crippen LogP contribution in [-0.4, -0.2) is 34.7 Å². The molecule has 7 heteroatoms. The number of amides is 2. The van der Waals surface area contributed by atoms with Crippen LogP contribution in [0.2, 0.25) is 0 Å². The lowest BCUT2D eigenvalue weighted by molar-refractivity contribution is 0.0925. The summed E-state index contributed by atoms with van der Waals surface area (Å²) in [6, 6.07) is 15.7. The van der Waals surface area contributed by atoms with Crippen molar-refractivity contribution in [3.63, 3.8) is 0 Å². The summed E-state index contributed by atoms with van der Waals surface area (Å²) in [5.74, 6) is -0.601. The molecular formula is C19H18N4O3. The molecule has 0 radical (unpaired) electrons. The van der Waals surface area contributed by atoms with Gasteiger partial charge in [-0.05, 0) is 18.2 Å². The zero-order valence-electron chi connectivity index (χ0n) is 14.2. The third-order valence-electron chi connectivity index (χ3n) is 3.90. The Morgan fingerprint density at radius 3 is 2.15 bits per heavy atom. The van der Waals surface area contributed by atoms with Gasteiger partial charge in [0.25, 0.3) is 17.4 Å². The lowest BCUT2D eigenvalue weighted by atomic mass is 10.1. The Morgan fingerprint density at radius 1 is 0.885 bits per heavy atom. The molecule has 1 heterocycles. The molecular weight excluding hydrogens is 332 g/mol. The second kappa shape index (κ2) is 7.60. The summed E-state index contributed by atoms with van der Waals surface area (Å²) >= 11 is 0.